The number of halogens is 1. The van der Waals surface area contributed by atoms with Gasteiger partial charge in [-0.25, -0.2) is 0 Å². The molecule has 0 fully saturated rings. The number of fused-ring (bicyclic) bond motifs is 1. The highest BCUT2D eigenvalue weighted by Crippen LogP contribution is 2.27. The van der Waals surface area contributed by atoms with Gasteiger partial charge >= 0.3 is 0 Å². The molecule has 3 rings (SSSR count). The van der Waals surface area contributed by atoms with Crippen LogP contribution in [0.15, 0.2) is 40.9 Å². The molecule has 2 aromatic carbocycles. The first-order valence-electron chi connectivity index (χ1n) is 6.50. The number of carbonyl (C=O) groups is 1. The zero-order chi connectivity index (χ0) is 14.1. The van der Waals surface area contributed by atoms with Crippen LogP contribution >= 0.6 is 15.9 Å². The lowest BCUT2D eigenvalue weighted by atomic mass is 9.98. The van der Waals surface area contributed by atoms with Crippen molar-refractivity contribution in [3.05, 3.63) is 57.6 Å². The van der Waals surface area contributed by atoms with E-state index in [1.54, 1.807) is 18.2 Å². The second kappa shape index (κ2) is 5.29. The Kier molecular flexibility index (Phi) is 3.49. The zero-order valence-electron chi connectivity index (χ0n) is 10.9. The molecule has 102 valence electrons. The fraction of sp³-hybridized carbons (Fsp3) is 0.188. The quantitative estimate of drug-likeness (QED) is 0.675. The van der Waals surface area contributed by atoms with Gasteiger partial charge in [-0.15, -0.1) is 0 Å². The van der Waals surface area contributed by atoms with Crippen molar-refractivity contribution in [1.82, 2.24) is 0 Å². The topological polar surface area (TPSA) is 52.3 Å². The number of anilines is 1. The van der Waals surface area contributed by atoms with Gasteiger partial charge in [0.1, 0.15) is 5.75 Å². The van der Waals surface area contributed by atoms with E-state index in [-0.39, 0.29) is 5.78 Å². The van der Waals surface area contributed by atoms with Gasteiger partial charge in [0, 0.05) is 21.3 Å². The molecule has 3 nitrogen and oxygen atoms in total. The van der Waals surface area contributed by atoms with Gasteiger partial charge in [0.25, 0.3) is 0 Å². The third-order valence-corrected chi connectivity index (χ3v) is 3.81. The summed E-state index contributed by atoms with van der Waals surface area (Å²) in [4.78, 5) is 12.5. The first-order valence-corrected chi connectivity index (χ1v) is 7.29. The van der Waals surface area contributed by atoms with Crippen LogP contribution in [-0.2, 0) is 6.42 Å². The molecular weight excluding hydrogens is 318 g/mol. The first kappa shape index (κ1) is 13.2. The Morgan fingerprint density at radius 1 is 1.15 bits per heavy atom. The van der Waals surface area contributed by atoms with Crippen molar-refractivity contribution in [2.75, 3.05) is 12.3 Å². The van der Waals surface area contributed by atoms with E-state index >= 15 is 0 Å². The number of benzene rings is 2. The molecule has 1 aliphatic rings. The van der Waals surface area contributed by atoms with Gasteiger partial charge in [-0.1, -0.05) is 15.9 Å². The van der Waals surface area contributed by atoms with Crippen LogP contribution in [-0.4, -0.2) is 12.4 Å². The average Bonchev–Trinajstić information content (AvgIpc) is 2.45. The number of carbonyl (C=O) groups excluding carboxylic acids is 1. The third kappa shape index (κ3) is 2.56. The monoisotopic (exact) mass is 331 g/mol. The molecule has 0 amide bonds. The predicted molar refractivity (Wildman–Crippen MR) is 82.2 cm³/mol. The summed E-state index contributed by atoms with van der Waals surface area (Å²) in [5.41, 5.74) is 8.72. The summed E-state index contributed by atoms with van der Waals surface area (Å²) < 4.78 is 6.37. The summed E-state index contributed by atoms with van der Waals surface area (Å²) in [6.07, 6.45) is 1.95. The van der Waals surface area contributed by atoms with Crippen LogP contribution in [0.1, 0.15) is 27.9 Å². The molecule has 0 radical (unpaired) electrons. The van der Waals surface area contributed by atoms with Crippen molar-refractivity contribution in [1.29, 1.82) is 0 Å². The molecule has 1 aliphatic heterocycles. The number of aryl methyl sites for hydroxylation is 1. The van der Waals surface area contributed by atoms with E-state index in [2.05, 4.69) is 15.9 Å². The maximum atomic E-state index is 12.5. The minimum atomic E-state index is -0.0219. The Morgan fingerprint density at radius 2 is 2.00 bits per heavy atom. The Morgan fingerprint density at radius 3 is 2.80 bits per heavy atom. The molecule has 0 unspecified atom stereocenters. The zero-order valence-corrected chi connectivity index (χ0v) is 12.4. The lowest BCUT2D eigenvalue weighted by molar-refractivity contribution is 0.103. The Balaban J connectivity index is 1.97. The SMILES string of the molecule is Nc1cc(Br)cc(C(=O)c2ccc3c(c2)CCCO3)c1. The van der Waals surface area contributed by atoms with E-state index in [1.165, 1.54) is 0 Å². The molecule has 20 heavy (non-hydrogen) atoms. The standard InChI is InChI=1S/C16H14BrNO2/c17-13-7-12(8-14(18)9-13)16(19)11-3-4-15-10(6-11)2-1-5-20-15/h3-4,6-9H,1-2,5,18H2. The summed E-state index contributed by atoms with van der Waals surface area (Å²) in [6, 6.07) is 10.9. The fourth-order valence-electron chi connectivity index (χ4n) is 2.41. The Bertz CT molecular complexity index is 662. The molecule has 0 spiro atoms. The van der Waals surface area contributed by atoms with E-state index in [0.29, 0.717) is 16.8 Å². The number of nitrogens with two attached hydrogens (primary N) is 1. The van der Waals surface area contributed by atoms with Crippen LogP contribution in [0, 0.1) is 0 Å². The molecular formula is C16H14BrNO2. The van der Waals surface area contributed by atoms with Gasteiger partial charge in [0.2, 0.25) is 0 Å². The van der Waals surface area contributed by atoms with E-state index < -0.39 is 0 Å². The maximum absolute atomic E-state index is 12.5. The molecule has 0 saturated heterocycles. The van der Waals surface area contributed by atoms with Gasteiger partial charge in [-0.05, 0) is 54.8 Å². The van der Waals surface area contributed by atoms with Gasteiger partial charge in [-0.3, -0.25) is 4.79 Å². The lowest BCUT2D eigenvalue weighted by Crippen LogP contribution is -2.10. The summed E-state index contributed by atoms with van der Waals surface area (Å²) in [7, 11) is 0. The van der Waals surface area contributed by atoms with Crippen molar-refractivity contribution < 1.29 is 9.53 Å². The van der Waals surface area contributed by atoms with Crippen LogP contribution in [0.2, 0.25) is 0 Å². The highest BCUT2D eigenvalue weighted by molar-refractivity contribution is 9.10. The van der Waals surface area contributed by atoms with Crippen LogP contribution in [0.3, 0.4) is 0 Å². The van der Waals surface area contributed by atoms with E-state index in [4.69, 9.17) is 10.5 Å². The molecule has 2 N–H and O–H groups in total. The van der Waals surface area contributed by atoms with E-state index in [0.717, 1.165) is 35.2 Å². The van der Waals surface area contributed by atoms with Crippen molar-refractivity contribution in [3.63, 3.8) is 0 Å². The average molecular weight is 332 g/mol. The van der Waals surface area contributed by atoms with Crippen molar-refractivity contribution in [2.24, 2.45) is 0 Å². The largest absolute Gasteiger partial charge is 0.493 e. The summed E-state index contributed by atoms with van der Waals surface area (Å²) in [5.74, 6) is 0.868. The highest BCUT2D eigenvalue weighted by atomic mass is 79.9. The van der Waals surface area contributed by atoms with Crippen molar-refractivity contribution in [3.8, 4) is 5.75 Å². The number of nitrogen functional groups attached to an aromatic ring is 1. The lowest BCUT2D eigenvalue weighted by Gasteiger charge is -2.17. The second-order valence-corrected chi connectivity index (χ2v) is 5.79. The number of ether oxygens (including phenoxy) is 1. The highest BCUT2D eigenvalue weighted by Gasteiger charge is 2.15. The van der Waals surface area contributed by atoms with Crippen molar-refractivity contribution in [2.45, 2.75) is 12.8 Å². The third-order valence-electron chi connectivity index (χ3n) is 3.35. The molecule has 0 aromatic heterocycles. The molecule has 0 aliphatic carbocycles. The molecule has 0 atom stereocenters. The molecule has 0 bridgehead atoms. The Hall–Kier alpha value is -1.81. The molecule has 1 heterocycles. The van der Waals surface area contributed by atoms with Crippen molar-refractivity contribution >= 4 is 27.4 Å². The molecule has 2 aromatic rings. The van der Waals surface area contributed by atoms with E-state index in [1.807, 2.05) is 18.2 Å². The van der Waals surface area contributed by atoms with Gasteiger partial charge in [0.15, 0.2) is 5.78 Å². The van der Waals surface area contributed by atoms with Crippen LogP contribution in [0.25, 0.3) is 0 Å². The first-order chi connectivity index (χ1) is 9.63. The van der Waals surface area contributed by atoms with Gasteiger partial charge in [-0.2, -0.15) is 0 Å². The minimum absolute atomic E-state index is 0.0219. The van der Waals surface area contributed by atoms with Crippen LogP contribution < -0.4 is 10.5 Å². The van der Waals surface area contributed by atoms with Crippen LogP contribution in [0.4, 0.5) is 5.69 Å². The van der Waals surface area contributed by atoms with Gasteiger partial charge in [0.05, 0.1) is 6.61 Å². The summed E-state index contributed by atoms with van der Waals surface area (Å²) in [6.45, 7) is 0.752. The number of hydrogen-bond donors (Lipinski definition) is 1. The van der Waals surface area contributed by atoms with E-state index in [9.17, 15) is 4.79 Å². The number of ketones is 1. The van der Waals surface area contributed by atoms with Crippen LogP contribution in [0.5, 0.6) is 5.75 Å². The fourth-order valence-corrected chi connectivity index (χ4v) is 2.92. The maximum Gasteiger partial charge on any atom is 0.193 e. The molecule has 4 heteroatoms. The smallest absolute Gasteiger partial charge is 0.193 e. The predicted octanol–water partition coefficient (Wildman–Crippen LogP) is 3.59. The minimum Gasteiger partial charge on any atom is -0.493 e. The summed E-state index contributed by atoms with van der Waals surface area (Å²) in [5, 5.41) is 0. The van der Waals surface area contributed by atoms with Gasteiger partial charge < -0.3 is 10.5 Å². The number of rotatable bonds is 2. The second-order valence-electron chi connectivity index (χ2n) is 4.88. The molecule has 0 saturated carbocycles. The normalized spacial score (nSPS) is 13.4. The number of hydrogen-bond acceptors (Lipinski definition) is 3. The Labute approximate surface area is 125 Å². The summed E-state index contributed by atoms with van der Waals surface area (Å²) >= 11 is 3.36.